The van der Waals surface area contributed by atoms with Gasteiger partial charge in [-0.2, -0.15) is 0 Å². The van der Waals surface area contributed by atoms with Crippen LogP contribution in [-0.4, -0.2) is 58.5 Å². The Hall–Kier alpha value is -1.89. The summed E-state index contributed by atoms with van der Waals surface area (Å²) >= 11 is 1.87. The zero-order valence-electron chi connectivity index (χ0n) is 17.6. The molecule has 5 nitrogen and oxygen atoms in total. The summed E-state index contributed by atoms with van der Waals surface area (Å²) in [6.07, 6.45) is 7.75. The first-order valence-electron chi connectivity index (χ1n) is 11.6. The molecule has 5 heterocycles. The van der Waals surface area contributed by atoms with E-state index >= 15 is 0 Å². The van der Waals surface area contributed by atoms with Crippen molar-refractivity contribution < 1.29 is 0 Å². The Kier molecular flexibility index (Phi) is 5.02. The third kappa shape index (κ3) is 3.77. The number of thiophene rings is 1. The smallest absolute Gasteiger partial charge is 0.138 e. The summed E-state index contributed by atoms with van der Waals surface area (Å²) in [6, 6.07) is 11.4. The fraction of sp³-hybridized carbons (Fsp3) is 0.542. The number of piperazine rings is 1. The first kappa shape index (κ1) is 18.8. The quantitative estimate of drug-likeness (QED) is 0.594. The van der Waals surface area contributed by atoms with Crippen LogP contribution in [0.3, 0.4) is 0 Å². The molecule has 1 unspecified atom stereocenters. The lowest BCUT2D eigenvalue weighted by Gasteiger charge is -2.40. The van der Waals surface area contributed by atoms with Crippen LogP contribution in [0.15, 0.2) is 41.9 Å². The molecule has 1 atom stereocenters. The Labute approximate surface area is 182 Å². The second-order valence-electron chi connectivity index (χ2n) is 9.24. The number of hydrogen-bond acceptors (Lipinski definition) is 5. The number of fused-ring (bicyclic) bond motifs is 1. The highest BCUT2D eigenvalue weighted by molar-refractivity contribution is 7.09. The molecule has 0 spiro atoms. The third-order valence-electron chi connectivity index (χ3n) is 6.99. The van der Waals surface area contributed by atoms with E-state index in [2.05, 4.69) is 61.0 Å². The summed E-state index contributed by atoms with van der Waals surface area (Å²) in [4.78, 5) is 14.5. The van der Waals surface area contributed by atoms with Crippen LogP contribution < -0.4 is 4.90 Å². The van der Waals surface area contributed by atoms with Crippen molar-refractivity contribution in [2.24, 2.45) is 5.92 Å². The van der Waals surface area contributed by atoms with Crippen LogP contribution in [0.2, 0.25) is 0 Å². The van der Waals surface area contributed by atoms with Gasteiger partial charge in [-0.25, -0.2) is 4.98 Å². The van der Waals surface area contributed by atoms with E-state index in [1.54, 1.807) is 0 Å². The minimum atomic E-state index is 0.394. The predicted octanol–water partition coefficient (Wildman–Crippen LogP) is 4.26. The van der Waals surface area contributed by atoms with Crippen LogP contribution in [-0.2, 0) is 6.54 Å². The fourth-order valence-electron chi connectivity index (χ4n) is 5.15. The summed E-state index contributed by atoms with van der Waals surface area (Å²) in [5.74, 6) is 2.22. The Morgan fingerprint density at radius 3 is 2.70 bits per heavy atom. The normalized spacial score (nSPS) is 23.6. The monoisotopic (exact) mass is 421 g/mol. The second-order valence-corrected chi connectivity index (χ2v) is 10.3. The third-order valence-corrected chi connectivity index (χ3v) is 7.85. The summed E-state index contributed by atoms with van der Waals surface area (Å²) in [5, 5.41) is 2.19. The van der Waals surface area contributed by atoms with E-state index in [1.807, 2.05) is 11.3 Å². The molecular formula is C24H31N5S. The summed E-state index contributed by atoms with van der Waals surface area (Å²) in [5.41, 5.74) is 2.34. The molecular weight excluding hydrogens is 390 g/mol. The molecule has 3 fully saturated rings. The molecule has 0 radical (unpaired) electrons. The van der Waals surface area contributed by atoms with E-state index < -0.39 is 0 Å². The molecule has 3 aromatic heterocycles. The Morgan fingerprint density at radius 2 is 1.90 bits per heavy atom. The zero-order valence-corrected chi connectivity index (χ0v) is 18.4. The first-order chi connectivity index (χ1) is 14.8. The standard InChI is InChI=1S/C24H31N5S/c1-2-11-27(10-1)24-7-3-6-23-25-21(17-29(23)24)22-18-26(16-20-5-4-14-30-20)12-13-28(22)15-19-8-9-19/h3-7,14,17,19,22H,1-2,8-13,15-16,18H2. The van der Waals surface area contributed by atoms with Crippen LogP contribution in [0.1, 0.15) is 42.3 Å². The van der Waals surface area contributed by atoms with Crippen molar-refractivity contribution in [2.75, 3.05) is 44.2 Å². The summed E-state index contributed by atoms with van der Waals surface area (Å²) < 4.78 is 2.34. The van der Waals surface area contributed by atoms with E-state index in [4.69, 9.17) is 4.98 Å². The van der Waals surface area contributed by atoms with E-state index in [9.17, 15) is 0 Å². The van der Waals surface area contributed by atoms with E-state index in [0.29, 0.717) is 6.04 Å². The Balaban J connectivity index is 1.30. The van der Waals surface area contributed by atoms with Crippen LogP contribution >= 0.6 is 11.3 Å². The molecule has 158 valence electrons. The van der Waals surface area contributed by atoms with Gasteiger partial charge in [-0.15, -0.1) is 11.3 Å². The number of pyridine rings is 1. The molecule has 0 aromatic carbocycles. The molecule has 6 rings (SSSR count). The highest BCUT2D eigenvalue weighted by Crippen LogP contribution is 2.35. The zero-order chi connectivity index (χ0) is 19.9. The molecule has 1 aliphatic carbocycles. The molecule has 3 aliphatic rings. The lowest BCUT2D eigenvalue weighted by Crippen LogP contribution is -2.48. The molecule has 3 aromatic rings. The number of hydrogen-bond donors (Lipinski definition) is 0. The van der Waals surface area contributed by atoms with E-state index in [0.717, 1.165) is 37.7 Å². The minimum Gasteiger partial charge on any atom is -0.358 e. The first-order valence-corrected chi connectivity index (χ1v) is 12.4. The lowest BCUT2D eigenvalue weighted by molar-refractivity contribution is 0.0645. The summed E-state index contributed by atoms with van der Waals surface area (Å²) in [7, 11) is 0. The van der Waals surface area contributed by atoms with Gasteiger partial charge in [0.1, 0.15) is 11.5 Å². The topological polar surface area (TPSA) is 27.0 Å². The van der Waals surface area contributed by atoms with Crippen molar-refractivity contribution >= 4 is 22.8 Å². The van der Waals surface area contributed by atoms with Gasteiger partial charge in [-0.1, -0.05) is 12.1 Å². The maximum atomic E-state index is 5.15. The van der Waals surface area contributed by atoms with Crippen molar-refractivity contribution in [1.82, 2.24) is 19.2 Å². The number of aromatic nitrogens is 2. The number of nitrogens with zero attached hydrogens (tertiary/aromatic N) is 5. The molecule has 0 amide bonds. The van der Waals surface area contributed by atoms with E-state index in [-0.39, 0.29) is 0 Å². The van der Waals surface area contributed by atoms with Gasteiger partial charge < -0.3 is 4.90 Å². The average Bonchev–Trinajstić information content (AvgIpc) is 3.21. The van der Waals surface area contributed by atoms with Crippen LogP contribution in [0.25, 0.3) is 5.65 Å². The minimum absolute atomic E-state index is 0.394. The van der Waals surface area contributed by atoms with Gasteiger partial charge in [-0.3, -0.25) is 14.2 Å². The maximum Gasteiger partial charge on any atom is 0.138 e. The Morgan fingerprint density at radius 1 is 1.00 bits per heavy atom. The SMILES string of the molecule is c1csc(CN2CCN(CC3CC3)C(c3cn4c(N5CCCC5)cccc4n3)C2)c1. The molecule has 2 saturated heterocycles. The van der Waals surface area contributed by atoms with Crippen molar-refractivity contribution in [1.29, 1.82) is 0 Å². The van der Waals surface area contributed by atoms with E-state index in [1.165, 1.54) is 61.7 Å². The maximum absolute atomic E-state index is 5.15. The van der Waals surface area contributed by atoms with Crippen molar-refractivity contribution in [3.8, 4) is 0 Å². The second kappa shape index (κ2) is 7.98. The van der Waals surface area contributed by atoms with Gasteiger partial charge in [0, 0.05) is 56.9 Å². The van der Waals surface area contributed by atoms with Gasteiger partial charge in [0.2, 0.25) is 0 Å². The van der Waals surface area contributed by atoms with Gasteiger partial charge in [0.15, 0.2) is 0 Å². The van der Waals surface area contributed by atoms with Gasteiger partial charge in [-0.05, 0) is 55.2 Å². The molecule has 6 heteroatoms. The highest BCUT2D eigenvalue weighted by atomic mass is 32.1. The van der Waals surface area contributed by atoms with Crippen LogP contribution in [0.5, 0.6) is 0 Å². The number of anilines is 1. The van der Waals surface area contributed by atoms with Gasteiger partial charge in [0.05, 0.1) is 11.7 Å². The largest absolute Gasteiger partial charge is 0.358 e. The number of imidazole rings is 1. The summed E-state index contributed by atoms with van der Waals surface area (Å²) in [6.45, 7) is 8.03. The molecule has 1 saturated carbocycles. The Bertz CT molecular complexity index is 986. The van der Waals surface area contributed by atoms with Crippen LogP contribution in [0, 0.1) is 5.92 Å². The lowest BCUT2D eigenvalue weighted by atomic mass is 10.1. The molecule has 30 heavy (non-hydrogen) atoms. The fourth-order valence-corrected chi connectivity index (χ4v) is 5.90. The van der Waals surface area contributed by atoms with Crippen molar-refractivity contribution in [3.05, 3.63) is 52.5 Å². The molecule has 0 bridgehead atoms. The molecule has 0 N–H and O–H groups in total. The van der Waals surface area contributed by atoms with Gasteiger partial charge >= 0.3 is 0 Å². The highest BCUT2D eigenvalue weighted by Gasteiger charge is 2.34. The van der Waals surface area contributed by atoms with Gasteiger partial charge in [0.25, 0.3) is 0 Å². The molecule has 2 aliphatic heterocycles. The predicted molar refractivity (Wildman–Crippen MR) is 123 cm³/mol. The van der Waals surface area contributed by atoms with Crippen LogP contribution in [0.4, 0.5) is 5.82 Å². The number of rotatable bonds is 6. The van der Waals surface area contributed by atoms with Crippen molar-refractivity contribution in [3.63, 3.8) is 0 Å². The van der Waals surface area contributed by atoms with Crippen molar-refractivity contribution in [2.45, 2.75) is 38.3 Å². The average molecular weight is 422 g/mol.